The largest absolute Gasteiger partial charge is 0.494 e. The number of halogens is 2. The van der Waals surface area contributed by atoms with E-state index >= 15 is 0 Å². The van der Waals surface area contributed by atoms with Gasteiger partial charge < -0.3 is 10.1 Å². The van der Waals surface area contributed by atoms with Crippen molar-refractivity contribution in [2.75, 3.05) is 7.11 Å². The molecule has 2 aromatic carbocycles. The van der Waals surface area contributed by atoms with E-state index in [0.29, 0.717) is 10.6 Å². The molecule has 0 aliphatic heterocycles. The van der Waals surface area contributed by atoms with Crippen molar-refractivity contribution in [3.05, 3.63) is 75.8 Å². The van der Waals surface area contributed by atoms with E-state index in [4.69, 9.17) is 16.3 Å². The minimum absolute atomic E-state index is 0.157. The van der Waals surface area contributed by atoms with Gasteiger partial charge >= 0.3 is 0 Å². The number of hydrogen-bond donors (Lipinski definition) is 1. The summed E-state index contributed by atoms with van der Waals surface area (Å²) in [6.07, 6.45) is 0.189. The number of aryl methyl sites for hydroxylation is 1. The first-order valence-electron chi connectivity index (χ1n) is 9.24. The average Bonchev–Trinajstić information content (AvgIpc) is 2.96. The average molecular weight is 416 g/mol. The van der Waals surface area contributed by atoms with Gasteiger partial charge in [-0.05, 0) is 62.7 Å². The summed E-state index contributed by atoms with van der Waals surface area (Å²) in [5, 5.41) is 8.13. The third-order valence-electron chi connectivity index (χ3n) is 4.90. The second-order valence-electron chi connectivity index (χ2n) is 6.90. The highest BCUT2D eigenvalue weighted by atomic mass is 35.5. The van der Waals surface area contributed by atoms with E-state index in [0.717, 1.165) is 22.6 Å². The van der Waals surface area contributed by atoms with Gasteiger partial charge in [0.25, 0.3) is 0 Å². The molecule has 0 fully saturated rings. The highest BCUT2D eigenvalue weighted by Crippen LogP contribution is 2.23. The second-order valence-corrected chi connectivity index (χ2v) is 7.33. The molecule has 0 bridgehead atoms. The normalized spacial score (nSPS) is 11.9. The molecule has 5 nitrogen and oxygen atoms in total. The molecule has 1 atom stereocenters. The van der Waals surface area contributed by atoms with E-state index in [1.165, 1.54) is 13.2 Å². The van der Waals surface area contributed by atoms with Crippen LogP contribution >= 0.6 is 11.6 Å². The van der Waals surface area contributed by atoms with Gasteiger partial charge in [-0.2, -0.15) is 5.10 Å². The Morgan fingerprint density at radius 1 is 1.24 bits per heavy atom. The van der Waals surface area contributed by atoms with Crippen molar-refractivity contribution in [3.8, 4) is 11.4 Å². The fourth-order valence-electron chi connectivity index (χ4n) is 3.25. The number of nitrogens with zero attached hydrogens (tertiary/aromatic N) is 2. The van der Waals surface area contributed by atoms with Crippen LogP contribution in [0.2, 0.25) is 5.02 Å². The van der Waals surface area contributed by atoms with Gasteiger partial charge in [-0.3, -0.25) is 4.79 Å². The summed E-state index contributed by atoms with van der Waals surface area (Å²) < 4.78 is 20.7. The molecule has 7 heteroatoms. The Kier molecular flexibility index (Phi) is 6.23. The smallest absolute Gasteiger partial charge is 0.225 e. The van der Waals surface area contributed by atoms with Gasteiger partial charge in [0.1, 0.15) is 0 Å². The Balaban J connectivity index is 1.74. The van der Waals surface area contributed by atoms with E-state index in [2.05, 4.69) is 10.4 Å². The zero-order valence-corrected chi connectivity index (χ0v) is 17.5. The first-order chi connectivity index (χ1) is 13.8. The Hall–Kier alpha value is -2.86. The van der Waals surface area contributed by atoms with Crippen molar-refractivity contribution in [2.24, 2.45) is 0 Å². The van der Waals surface area contributed by atoms with Gasteiger partial charge in [0, 0.05) is 16.3 Å². The molecule has 152 valence electrons. The number of methoxy groups -OCH3 is 1. The lowest BCUT2D eigenvalue weighted by molar-refractivity contribution is -0.121. The van der Waals surface area contributed by atoms with Crippen LogP contribution in [0.25, 0.3) is 5.69 Å². The fourth-order valence-corrected chi connectivity index (χ4v) is 3.38. The van der Waals surface area contributed by atoms with Crippen LogP contribution in [0, 0.1) is 19.7 Å². The minimum Gasteiger partial charge on any atom is -0.494 e. The quantitative estimate of drug-likeness (QED) is 0.634. The van der Waals surface area contributed by atoms with Crippen molar-refractivity contribution in [3.63, 3.8) is 0 Å². The van der Waals surface area contributed by atoms with Gasteiger partial charge in [0.2, 0.25) is 5.91 Å². The van der Waals surface area contributed by atoms with Crippen LogP contribution < -0.4 is 10.1 Å². The number of ether oxygens (including phenoxy) is 1. The van der Waals surface area contributed by atoms with Crippen LogP contribution in [0.1, 0.15) is 35.5 Å². The number of carbonyl (C=O) groups excluding carboxylic acids is 1. The topological polar surface area (TPSA) is 56.1 Å². The summed E-state index contributed by atoms with van der Waals surface area (Å²) in [5.41, 5.74) is 4.09. The molecule has 0 aliphatic carbocycles. The molecule has 3 rings (SSSR count). The molecule has 0 saturated carbocycles. The first-order valence-corrected chi connectivity index (χ1v) is 9.61. The Morgan fingerprint density at radius 2 is 1.93 bits per heavy atom. The monoisotopic (exact) mass is 415 g/mol. The zero-order valence-electron chi connectivity index (χ0n) is 16.8. The first kappa shape index (κ1) is 20.9. The maximum absolute atomic E-state index is 13.9. The van der Waals surface area contributed by atoms with E-state index < -0.39 is 5.82 Å². The lowest BCUT2D eigenvalue weighted by Crippen LogP contribution is -2.28. The molecule has 0 saturated heterocycles. The lowest BCUT2D eigenvalue weighted by Gasteiger charge is -2.15. The molecule has 3 aromatic rings. The third kappa shape index (κ3) is 4.59. The van der Waals surface area contributed by atoms with Crippen LogP contribution in [0.5, 0.6) is 5.75 Å². The fraction of sp³-hybridized carbons (Fsp3) is 0.273. The van der Waals surface area contributed by atoms with Crippen molar-refractivity contribution >= 4 is 17.5 Å². The molecule has 0 unspecified atom stereocenters. The van der Waals surface area contributed by atoms with Crippen molar-refractivity contribution in [1.29, 1.82) is 0 Å². The number of rotatable bonds is 6. The maximum Gasteiger partial charge on any atom is 0.225 e. The van der Waals surface area contributed by atoms with E-state index in [-0.39, 0.29) is 24.1 Å². The zero-order chi connectivity index (χ0) is 21.1. The highest BCUT2D eigenvalue weighted by molar-refractivity contribution is 6.30. The van der Waals surface area contributed by atoms with E-state index in [1.54, 1.807) is 28.9 Å². The summed E-state index contributed by atoms with van der Waals surface area (Å²) in [6, 6.07) is 11.7. The Bertz CT molecular complexity index is 1030. The highest BCUT2D eigenvalue weighted by Gasteiger charge is 2.18. The number of carbonyl (C=O) groups is 1. The maximum atomic E-state index is 13.9. The number of aromatic nitrogens is 2. The summed E-state index contributed by atoms with van der Waals surface area (Å²) in [4.78, 5) is 12.6. The Morgan fingerprint density at radius 3 is 2.55 bits per heavy atom. The van der Waals surface area contributed by atoms with Crippen molar-refractivity contribution < 1.29 is 13.9 Å². The standard InChI is InChI=1S/C22H23ClFN3O2/c1-13(16-5-10-21(29-4)20(24)11-16)25-22(28)12-19-14(2)26-27(15(19)3)18-8-6-17(23)7-9-18/h5-11,13H,12H2,1-4H3,(H,25,28)/t13-/m1/s1. The van der Waals surface area contributed by atoms with Crippen LogP contribution in [0.4, 0.5) is 4.39 Å². The molecule has 29 heavy (non-hydrogen) atoms. The van der Waals surface area contributed by atoms with E-state index in [9.17, 15) is 9.18 Å². The summed E-state index contributed by atoms with van der Waals surface area (Å²) >= 11 is 5.96. The van der Waals surface area contributed by atoms with E-state index in [1.807, 2.05) is 32.9 Å². The molecule has 0 aliphatic rings. The molecular weight excluding hydrogens is 393 g/mol. The predicted molar refractivity (Wildman–Crippen MR) is 111 cm³/mol. The molecule has 1 amide bonds. The van der Waals surface area contributed by atoms with Crippen molar-refractivity contribution in [1.82, 2.24) is 15.1 Å². The number of benzene rings is 2. The van der Waals surface area contributed by atoms with Crippen LogP contribution in [-0.2, 0) is 11.2 Å². The molecule has 1 aromatic heterocycles. The van der Waals surface area contributed by atoms with Crippen molar-refractivity contribution in [2.45, 2.75) is 33.2 Å². The number of nitrogens with one attached hydrogen (secondary N) is 1. The molecule has 1 N–H and O–H groups in total. The van der Waals surface area contributed by atoms with Crippen LogP contribution in [-0.4, -0.2) is 22.8 Å². The van der Waals surface area contributed by atoms with Gasteiger partial charge in [-0.1, -0.05) is 17.7 Å². The molecule has 1 heterocycles. The molecule has 0 radical (unpaired) electrons. The second kappa shape index (κ2) is 8.66. The summed E-state index contributed by atoms with van der Waals surface area (Å²) in [6.45, 7) is 5.62. The summed E-state index contributed by atoms with van der Waals surface area (Å²) in [7, 11) is 1.41. The minimum atomic E-state index is -0.456. The SMILES string of the molecule is COc1ccc([C@@H](C)NC(=O)Cc2c(C)nn(-c3ccc(Cl)cc3)c2C)cc1F. The van der Waals surface area contributed by atoms with Crippen LogP contribution in [0.15, 0.2) is 42.5 Å². The van der Waals surface area contributed by atoms with Gasteiger partial charge in [0.05, 0.1) is 31.0 Å². The lowest BCUT2D eigenvalue weighted by atomic mass is 10.1. The van der Waals surface area contributed by atoms with Gasteiger partial charge in [0.15, 0.2) is 11.6 Å². The number of hydrogen-bond acceptors (Lipinski definition) is 3. The molecular formula is C22H23ClFN3O2. The predicted octanol–water partition coefficient (Wildman–Crippen LogP) is 4.71. The number of amides is 1. The third-order valence-corrected chi connectivity index (χ3v) is 5.16. The Labute approximate surface area is 174 Å². The van der Waals surface area contributed by atoms with Gasteiger partial charge in [-0.15, -0.1) is 0 Å². The molecule has 0 spiro atoms. The van der Waals surface area contributed by atoms with Crippen LogP contribution in [0.3, 0.4) is 0 Å². The summed E-state index contributed by atoms with van der Waals surface area (Å²) in [5.74, 6) is -0.439. The van der Waals surface area contributed by atoms with Gasteiger partial charge in [-0.25, -0.2) is 9.07 Å².